The summed E-state index contributed by atoms with van der Waals surface area (Å²) in [6.45, 7) is 4.80. The van der Waals surface area contributed by atoms with Crippen molar-refractivity contribution < 1.29 is 9.47 Å². The summed E-state index contributed by atoms with van der Waals surface area (Å²) < 4.78 is 13.2. The number of nitrogens with one attached hydrogen (secondary N) is 2. The molecule has 2 aromatic rings. The molecule has 0 aliphatic heterocycles. The van der Waals surface area contributed by atoms with Gasteiger partial charge in [-0.1, -0.05) is 25.3 Å². The molecule has 0 saturated heterocycles. The zero-order valence-electron chi connectivity index (χ0n) is 20.5. The van der Waals surface area contributed by atoms with E-state index in [0.717, 1.165) is 68.6 Å². The van der Waals surface area contributed by atoms with Crippen LogP contribution in [0.2, 0.25) is 0 Å². The first kappa shape index (κ1) is 27.3. The molecule has 2 N–H and O–H groups in total. The van der Waals surface area contributed by atoms with Crippen LogP contribution in [-0.4, -0.2) is 49.9 Å². The van der Waals surface area contributed by atoms with E-state index in [2.05, 4.69) is 37.3 Å². The second-order valence-corrected chi connectivity index (χ2v) is 8.64. The molecule has 0 amide bonds. The van der Waals surface area contributed by atoms with Gasteiger partial charge >= 0.3 is 0 Å². The smallest absolute Gasteiger partial charge is 0.191 e. The Bertz CT molecular complexity index is 877. The molecule has 1 aliphatic rings. The predicted molar refractivity (Wildman–Crippen MR) is 145 cm³/mol. The minimum Gasteiger partial charge on any atom is -0.493 e. The number of imidazole rings is 1. The van der Waals surface area contributed by atoms with Gasteiger partial charge in [0.2, 0.25) is 0 Å². The van der Waals surface area contributed by atoms with E-state index in [1.54, 1.807) is 14.2 Å². The summed E-state index contributed by atoms with van der Waals surface area (Å²) >= 11 is 0. The molecule has 1 heterocycles. The number of aliphatic imine (C=N–C) groups is 1. The predicted octanol–water partition coefficient (Wildman–Crippen LogP) is 4.67. The Labute approximate surface area is 215 Å². The Kier molecular flexibility index (Phi) is 11.3. The molecule has 1 saturated carbocycles. The summed E-state index contributed by atoms with van der Waals surface area (Å²) in [5.41, 5.74) is 1.39. The lowest BCUT2D eigenvalue weighted by molar-refractivity contribution is 0.288. The molecule has 8 heteroatoms. The number of hydrogen-bond acceptors (Lipinski definition) is 4. The number of hydrogen-bond donors (Lipinski definition) is 2. The summed E-state index contributed by atoms with van der Waals surface area (Å²) in [5, 5.41) is 7.09. The number of unbranched alkanes of at least 4 members (excludes halogenated alkanes) is 1. The second-order valence-electron chi connectivity index (χ2n) is 8.64. The van der Waals surface area contributed by atoms with Gasteiger partial charge in [-0.2, -0.15) is 0 Å². The van der Waals surface area contributed by atoms with Crippen LogP contribution in [-0.2, 0) is 12.0 Å². The lowest BCUT2D eigenvalue weighted by atomic mass is 9.69. The minimum absolute atomic E-state index is 0. The Morgan fingerprint density at radius 3 is 2.48 bits per heavy atom. The molecule has 3 rings (SSSR count). The number of aryl methyl sites for hydroxylation is 2. The molecule has 184 valence electrons. The van der Waals surface area contributed by atoms with Gasteiger partial charge in [-0.3, -0.25) is 4.99 Å². The monoisotopic (exact) mass is 569 g/mol. The average molecular weight is 570 g/mol. The van der Waals surface area contributed by atoms with Crippen LogP contribution < -0.4 is 20.1 Å². The van der Waals surface area contributed by atoms with Gasteiger partial charge in [0.15, 0.2) is 17.5 Å². The highest BCUT2D eigenvalue weighted by atomic mass is 127. The molecule has 0 radical (unpaired) electrons. The maximum atomic E-state index is 5.58. The van der Waals surface area contributed by atoms with Gasteiger partial charge in [0.05, 0.1) is 14.2 Å². The van der Waals surface area contributed by atoms with E-state index in [0.29, 0.717) is 0 Å². The van der Waals surface area contributed by atoms with E-state index in [1.165, 1.54) is 24.8 Å². The van der Waals surface area contributed by atoms with E-state index in [4.69, 9.17) is 9.47 Å². The van der Waals surface area contributed by atoms with Crippen LogP contribution in [0.3, 0.4) is 0 Å². The summed E-state index contributed by atoms with van der Waals surface area (Å²) in [5.74, 6) is 3.52. The van der Waals surface area contributed by atoms with Crippen LogP contribution in [0, 0.1) is 6.92 Å². The molecule has 1 aliphatic carbocycles. The summed E-state index contributed by atoms with van der Waals surface area (Å²) in [6.07, 6.45) is 12.2. The topological polar surface area (TPSA) is 72.7 Å². The van der Waals surface area contributed by atoms with Crippen molar-refractivity contribution in [3.8, 4) is 11.5 Å². The van der Waals surface area contributed by atoms with E-state index in [9.17, 15) is 0 Å². The zero-order valence-corrected chi connectivity index (χ0v) is 22.9. The van der Waals surface area contributed by atoms with E-state index in [-0.39, 0.29) is 29.4 Å². The first-order valence-corrected chi connectivity index (χ1v) is 11.8. The summed E-state index contributed by atoms with van der Waals surface area (Å²) in [7, 11) is 5.23. The maximum absolute atomic E-state index is 5.58. The fraction of sp³-hybridized carbons (Fsp3) is 0.600. The number of ether oxygens (including phenoxy) is 2. The molecule has 1 fully saturated rings. The maximum Gasteiger partial charge on any atom is 0.191 e. The van der Waals surface area contributed by atoms with E-state index in [1.807, 2.05) is 32.4 Å². The highest BCUT2D eigenvalue weighted by Crippen LogP contribution is 2.42. The van der Waals surface area contributed by atoms with Gasteiger partial charge in [0.25, 0.3) is 0 Å². The Morgan fingerprint density at radius 1 is 1.09 bits per heavy atom. The third-order valence-electron chi connectivity index (χ3n) is 6.67. The van der Waals surface area contributed by atoms with Crippen LogP contribution in [0.1, 0.15) is 56.3 Å². The lowest BCUT2D eigenvalue weighted by Gasteiger charge is -2.38. The standard InChI is InChI=1S/C25H39N5O2.HI/c1-20-27-15-17-30(20)16-9-8-14-28-24(26-2)29-19-25(12-6-5-7-13-25)21-10-11-22(31-3)23(18-21)32-4;/h10-11,15,17-18H,5-9,12-14,16,19H2,1-4H3,(H2,26,28,29);1H. The van der Waals surface area contributed by atoms with Crippen molar-refractivity contribution in [1.29, 1.82) is 0 Å². The highest BCUT2D eigenvalue weighted by Gasteiger charge is 2.34. The Morgan fingerprint density at radius 2 is 1.85 bits per heavy atom. The van der Waals surface area contributed by atoms with Gasteiger partial charge in [0, 0.05) is 44.5 Å². The molecule has 0 spiro atoms. The van der Waals surface area contributed by atoms with Gasteiger partial charge in [-0.15, -0.1) is 24.0 Å². The van der Waals surface area contributed by atoms with Gasteiger partial charge in [-0.25, -0.2) is 4.98 Å². The van der Waals surface area contributed by atoms with Crippen molar-refractivity contribution >= 4 is 29.9 Å². The number of benzene rings is 1. The molecular formula is C25H40IN5O2. The number of rotatable bonds is 10. The number of methoxy groups -OCH3 is 2. The van der Waals surface area contributed by atoms with Crippen LogP contribution in [0.15, 0.2) is 35.6 Å². The fourth-order valence-corrected chi connectivity index (χ4v) is 4.69. The number of aromatic nitrogens is 2. The van der Waals surface area contributed by atoms with E-state index >= 15 is 0 Å². The molecule has 0 unspecified atom stereocenters. The van der Waals surface area contributed by atoms with Crippen LogP contribution in [0.5, 0.6) is 11.5 Å². The van der Waals surface area contributed by atoms with Crippen LogP contribution in [0.25, 0.3) is 0 Å². The summed E-state index contributed by atoms with van der Waals surface area (Å²) in [4.78, 5) is 8.74. The molecular weight excluding hydrogens is 529 g/mol. The quantitative estimate of drug-likeness (QED) is 0.188. The van der Waals surface area contributed by atoms with Crippen molar-refractivity contribution in [2.45, 2.75) is 63.8 Å². The first-order valence-electron chi connectivity index (χ1n) is 11.8. The molecule has 0 atom stereocenters. The average Bonchev–Trinajstić information content (AvgIpc) is 3.25. The minimum atomic E-state index is 0. The third-order valence-corrected chi connectivity index (χ3v) is 6.67. The Hall–Kier alpha value is -1.97. The van der Waals surface area contributed by atoms with Crippen LogP contribution in [0.4, 0.5) is 0 Å². The van der Waals surface area contributed by atoms with Gasteiger partial charge < -0.3 is 24.7 Å². The van der Waals surface area contributed by atoms with Crippen molar-refractivity contribution in [3.05, 3.63) is 42.0 Å². The molecule has 1 aromatic carbocycles. The van der Waals surface area contributed by atoms with Gasteiger partial charge in [0.1, 0.15) is 5.82 Å². The van der Waals surface area contributed by atoms with Crippen molar-refractivity contribution in [1.82, 2.24) is 20.2 Å². The number of guanidine groups is 1. The lowest BCUT2D eigenvalue weighted by Crippen LogP contribution is -2.46. The molecule has 1 aromatic heterocycles. The SMILES string of the molecule is CN=C(NCCCCn1ccnc1C)NCC1(c2ccc(OC)c(OC)c2)CCCCC1.I. The zero-order chi connectivity index (χ0) is 22.8. The molecule has 0 bridgehead atoms. The second kappa shape index (κ2) is 13.7. The third kappa shape index (κ3) is 7.25. The fourth-order valence-electron chi connectivity index (χ4n) is 4.69. The molecule has 33 heavy (non-hydrogen) atoms. The van der Waals surface area contributed by atoms with Gasteiger partial charge in [-0.05, 0) is 50.3 Å². The Balaban J connectivity index is 0.00000385. The normalized spacial score (nSPS) is 15.5. The van der Waals surface area contributed by atoms with Crippen molar-refractivity contribution in [3.63, 3.8) is 0 Å². The number of halogens is 1. The number of nitrogens with zero attached hydrogens (tertiary/aromatic N) is 3. The van der Waals surface area contributed by atoms with Crippen molar-refractivity contribution in [2.75, 3.05) is 34.4 Å². The highest BCUT2D eigenvalue weighted by molar-refractivity contribution is 14.0. The summed E-state index contributed by atoms with van der Waals surface area (Å²) in [6, 6.07) is 6.38. The largest absolute Gasteiger partial charge is 0.493 e. The molecule has 7 nitrogen and oxygen atoms in total. The van der Waals surface area contributed by atoms with E-state index < -0.39 is 0 Å². The van der Waals surface area contributed by atoms with Crippen LogP contribution >= 0.6 is 24.0 Å². The first-order chi connectivity index (χ1) is 15.6. The van der Waals surface area contributed by atoms with Crippen molar-refractivity contribution in [2.24, 2.45) is 4.99 Å².